The van der Waals surface area contributed by atoms with Crippen LogP contribution >= 0.6 is 23.2 Å². The average Bonchev–Trinajstić information content (AvgIpc) is 2.92. The Morgan fingerprint density at radius 1 is 1.05 bits per heavy atom. The van der Waals surface area contributed by atoms with Crippen molar-refractivity contribution in [2.24, 2.45) is 0 Å². The van der Waals surface area contributed by atoms with Gasteiger partial charge in [0, 0.05) is 41.2 Å². The minimum Gasteiger partial charge on any atom is -0.352 e. The number of benzene rings is 2. The molecule has 0 heterocycles. The summed E-state index contributed by atoms with van der Waals surface area (Å²) in [4.78, 5) is 28.5. The maximum Gasteiger partial charge on any atom is 0.416 e. The van der Waals surface area contributed by atoms with Crippen LogP contribution in [0.25, 0.3) is 0 Å². The van der Waals surface area contributed by atoms with Gasteiger partial charge in [-0.05, 0) is 56.0 Å². The fraction of sp³-hybridized carbons (Fsp3) is 0.517. The molecule has 7 nitrogen and oxygen atoms in total. The average molecular weight is 651 g/mol. The lowest BCUT2D eigenvalue weighted by atomic mass is 9.95. The van der Waals surface area contributed by atoms with Gasteiger partial charge in [0.25, 0.3) is 0 Å². The lowest BCUT2D eigenvalue weighted by Crippen LogP contribution is -2.51. The number of alkyl halides is 3. The number of nitrogens with zero attached hydrogens (tertiary/aromatic N) is 2. The lowest BCUT2D eigenvalue weighted by Gasteiger charge is -2.33. The number of carbonyl (C=O) groups is 2. The Morgan fingerprint density at radius 2 is 1.67 bits per heavy atom. The fourth-order valence-corrected chi connectivity index (χ4v) is 6.63. The number of amides is 2. The Hall–Kier alpha value is -2.50. The van der Waals surface area contributed by atoms with Gasteiger partial charge in [0.05, 0.1) is 17.5 Å². The highest BCUT2D eigenvalue weighted by Crippen LogP contribution is 2.33. The van der Waals surface area contributed by atoms with E-state index in [1.165, 1.54) is 11.0 Å². The van der Waals surface area contributed by atoms with Crippen LogP contribution in [0.2, 0.25) is 10.0 Å². The molecule has 0 aromatic heterocycles. The normalized spacial score (nSPS) is 15.2. The molecule has 1 saturated carbocycles. The second-order valence-corrected chi connectivity index (χ2v) is 13.2. The summed E-state index contributed by atoms with van der Waals surface area (Å²) in [6.45, 7) is 1.51. The van der Waals surface area contributed by atoms with Crippen LogP contribution in [-0.4, -0.2) is 50.0 Å². The summed E-state index contributed by atoms with van der Waals surface area (Å²) in [6.07, 6.45) is 1.26. The van der Waals surface area contributed by atoms with E-state index in [9.17, 15) is 31.2 Å². The monoisotopic (exact) mass is 649 g/mol. The van der Waals surface area contributed by atoms with E-state index >= 15 is 0 Å². The van der Waals surface area contributed by atoms with Crippen LogP contribution in [0.3, 0.4) is 0 Å². The molecule has 0 radical (unpaired) electrons. The molecule has 2 aromatic rings. The number of hydrogen-bond donors (Lipinski definition) is 1. The standard InChI is InChI=1S/C29H36Cl2F3N3O4S/c1-3-26(28(39)35-21-11-5-4-6-12-21)36(19-23-24(30)14-8-15-25(23)31)27(38)16-9-17-37(42(2,40)41)22-13-7-10-20(18-22)29(32,33)34/h7-8,10,13-15,18,21,26H,3-6,9,11-12,16-17,19H2,1-2H3,(H,35,39)/t26-/m1/s1. The number of halogens is 5. The largest absolute Gasteiger partial charge is 0.416 e. The molecule has 13 heteroatoms. The van der Waals surface area contributed by atoms with Crippen molar-refractivity contribution in [1.29, 1.82) is 0 Å². The molecule has 0 saturated heterocycles. The van der Waals surface area contributed by atoms with E-state index in [2.05, 4.69) is 5.32 Å². The molecule has 1 N–H and O–H groups in total. The van der Waals surface area contributed by atoms with Gasteiger partial charge >= 0.3 is 6.18 Å². The Labute approximate surface area is 255 Å². The van der Waals surface area contributed by atoms with E-state index in [1.54, 1.807) is 25.1 Å². The summed E-state index contributed by atoms with van der Waals surface area (Å²) in [5.41, 5.74) is -0.667. The summed E-state index contributed by atoms with van der Waals surface area (Å²) in [7, 11) is -3.97. The zero-order chi connectivity index (χ0) is 31.1. The van der Waals surface area contributed by atoms with Crippen LogP contribution in [0, 0.1) is 0 Å². The first-order valence-electron chi connectivity index (χ1n) is 13.9. The second kappa shape index (κ2) is 14.8. The summed E-state index contributed by atoms with van der Waals surface area (Å²) in [5, 5.41) is 3.73. The van der Waals surface area contributed by atoms with Gasteiger partial charge in [0.15, 0.2) is 0 Å². The van der Waals surface area contributed by atoms with Crippen molar-refractivity contribution < 1.29 is 31.2 Å². The van der Waals surface area contributed by atoms with E-state index in [1.807, 2.05) is 0 Å². The van der Waals surface area contributed by atoms with Crippen molar-refractivity contribution in [3.8, 4) is 0 Å². The molecule has 0 aliphatic heterocycles. The van der Waals surface area contributed by atoms with Crippen molar-refractivity contribution in [2.75, 3.05) is 17.1 Å². The molecule has 1 aliphatic rings. The van der Waals surface area contributed by atoms with Gasteiger partial charge < -0.3 is 10.2 Å². The fourth-order valence-electron chi connectivity index (χ4n) is 5.16. The lowest BCUT2D eigenvalue weighted by molar-refractivity contribution is -0.141. The van der Waals surface area contributed by atoms with Crippen LogP contribution in [0.5, 0.6) is 0 Å². The van der Waals surface area contributed by atoms with Gasteiger partial charge in [-0.3, -0.25) is 13.9 Å². The Balaban J connectivity index is 1.82. The number of carbonyl (C=O) groups excluding carboxylic acids is 2. The second-order valence-electron chi connectivity index (χ2n) is 10.5. The van der Waals surface area contributed by atoms with E-state index < -0.39 is 33.7 Å². The molecular formula is C29H36Cl2F3N3O4S. The Kier molecular flexibility index (Phi) is 12.0. The third-order valence-electron chi connectivity index (χ3n) is 7.34. The van der Waals surface area contributed by atoms with Crippen LogP contribution < -0.4 is 9.62 Å². The van der Waals surface area contributed by atoms with Gasteiger partial charge in [-0.2, -0.15) is 13.2 Å². The molecule has 232 valence electrons. The molecule has 2 amide bonds. The van der Waals surface area contributed by atoms with Crippen LogP contribution in [0.15, 0.2) is 42.5 Å². The van der Waals surface area contributed by atoms with Gasteiger partial charge in [0.2, 0.25) is 21.8 Å². The van der Waals surface area contributed by atoms with Crippen molar-refractivity contribution in [2.45, 2.75) is 83.1 Å². The molecule has 0 spiro atoms. The highest BCUT2D eigenvalue weighted by Gasteiger charge is 2.33. The molecule has 2 aromatic carbocycles. The first kappa shape index (κ1) is 34.0. The zero-order valence-electron chi connectivity index (χ0n) is 23.6. The van der Waals surface area contributed by atoms with Crippen molar-refractivity contribution >= 4 is 50.7 Å². The highest BCUT2D eigenvalue weighted by molar-refractivity contribution is 7.92. The first-order valence-corrected chi connectivity index (χ1v) is 16.5. The van der Waals surface area contributed by atoms with E-state index in [0.29, 0.717) is 22.0 Å². The number of nitrogens with one attached hydrogen (secondary N) is 1. The third kappa shape index (κ3) is 9.25. The SMILES string of the molecule is CC[C@H](C(=O)NC1CCCCC1)N(Cc1c(Cl)cccc1Cl)C(=O)CCCN(c1cccc(C(F)(F)F)c1)S(C)(=O)=O. The topological polar surface area (TPSA) is 86.8 Å². The molecule has 0 bridgehead atoms. The molecule has 3 rings (SSSR count). The van der Waals surface area contributed by atoms with Crippen molar-refractivity contribution in [1.82, 2.24) is 10.2 Å². The van der Waals surface area contributed by atoms with Crippen LogP contribution in [-0.2, 0) is 32.3 Å². The number of anilines is 1. The molecule has 1 atom stereocenters. The van der Waals surface area contributed by atoms with Gasteiger partial charge in [-0.25, -0.2) is 8.42 Å². The van der Waals surface area contributed by atoms with Crippen molar-refractivity contribution in [3.63, 3.8) is 0 Å². The summed E-state index contributed by atoms with van der Waals surface area (Å²) < 4.78 is 65.7. The van der Waals surface area contributed by atoms with Gasteiger partial charge in [0.1, 0.15) is 6.04 Å². The molecular weight excluding hydrogens is 614 g/mol. The molecule has 42 heavy (non-hydrogen) atoms. The van der Waals surface area contributed by atoms with Crippen molar-refractivity contribution in [3.05, 3.63) is 63.6 Å². The molecule has 1 aliphatic carbocycles. The van der Waals surface area contributed by atoms with E-state index in [4.69, 9.17) is 23.2 Å². The quantitative estimate of drug-likeness (QED) is 0.274. The number of sulfonamides is 1. The highest BCUT2D eigenvalue weighted by atomic mass is 35.5. The van der Waals surface area contributed by atoms with Crippen LogP contribution in [0.1, 0.15) is 69.4 Å². The van der Waals surface area contributed by atoms with E-state index in [0.717, 1.165) is 60.9 Å². The summed E-state index contributed by atoms with van der Waals surface area (Å²) >= 11 is 12.8. The summed E-state index contributed by atoms with van der Waals surface area (Å²) in [5.74, 6) is -0.725. The van der Waals surface area contributed by atoms with Gasteiger partial charge in [-0.15, -0.1) is 0 Å². The molecule has 1 fully saturated rings. The predicted molar refractivity (Wildman–Crippen MR) is 159 cm³/mol. The number of rotatable bonds is 12. The minimum atomic E-state index is -4.65. The smallest absolute Gasteiger partial charge is 0.352 e. The van der Waals surface area contributed by atoms with Crippen LogP contribution in [0.4, 0.5) is 18.9 Å². The Bertz CT molecular complexity index is 1330. The maximum absolute atomic E-state index is 13.7. The number of hydrogen-bond acceptors (Lipinski definition) is 4. The Morgan fingerprint density at radius 3 is 2.24 bits per heavy atom. The summed E-state index contributed by atoms with van der Waals surface area (Å²) in [6, 6.07) is 8.14. The molecule has 0 unspecified atom stereocenters. The minimum absolute atomic E-state index is 0.00438. The van der Waals surface area contributed by atoms with E-state index in [-0.39, 0.29) is 43.6 Å². The first-order chi connectivity index (χ1) is 19.7. The maximum atomic E-state index is 13.7. The zero-order valence-corrected chi connectivity index (χ0v) is 25.9. The van der Waals surface area contributed by atoms with Gasteiger partial charge in [-0.1, -0.05) is 61.5 Å². The third-order valence-corrected chi connectivity index (χ3v) is 9.24. The predicted octanol–water partition coefficient (Wildman–Crippen LogP) is 6.81.